The topological polar surface area (TPSA) is 28.7 Å². The van der Waals surface area contributed by atoms with Crippen molar-refractivity contribution in [1.82, 2.24) is 0 Å². The van der Waals surface area contributed by atoms with Crippen molar-refractivity contribution in [1.29, 1.82) is 0 Å². The molecular formula is C12H12N2O. The zero-order valence-electron chi connectivity index (χ0n) is 8.50. The van der Waals surface area contributed by atoms with Gasteiger partial charge in [0.15, 0.2) is 0 Å². The van der Waals surface area contributed by atoms with E-state index >= 15 is 0 Å². The van der Waals surface area contributed by atoms with Crippen LogP contribution in [0.5, 0.6) is 0 Å². The molecule has 0 atom stereocenters. The highest BCUT2D eigenvalue weighted by Gasteiger charge is 1.95. The predicted octanol–water partition coefficient (Wildman–Crippen LogP) is 2.75. The van der Waals surface area contributed by atoms with Gasteiger partial charge in [-0.2, -0.15) is 5.10 Å². The Morgan fingerprint density at radius 2 is 2.00 bits per heavy atom. The van der Waals surface area contributed by atoms with Crippen LogP contribution in [0.1, 0.15) is 5.56 Å². The largest absolute Gasteiger partial charge is 0.472 e. The zero-order chi connectivity index (χ0) is 10.5. The standard InChI is InChI=1S/C12H12N2O/c1-14(12-5-3-2-4-6-12)13-9-11-7-8-15-10-11/h2-10H,1H3/b13-9+. The Labute approximate surface area is 88.6 Å². The molecule has 1 heterocycles. The summed E-state index contributed by atoms with van der Waals surface area (Å²) in [4.78, 5) is 0. The number of hydrogen-bond acceptors (Lipinski definition) is 3. The smallest absolute Gasteiger partial charge is 0.0991 e. The van der Waals surface area contributed by atoms with Gasteiger partial charge in [0.05, 0.1) is 24.4 Å². The first-order valence-electron chi connectivity index (χ1n) is 4.71. The molecule has 2 aromatic rings. The van der Waals surface area contributed by atoms with Crippen LogP contribution >= 0.6 is 0 Å². The number of nitrogens with zero attached hydrogens (tertiary/aromatic N) is 2. The number of para-hydroxylation sites is 1. The normalized spacial score (nSPS) is 10.7. The molecule has 0 aliphatic rings. The van der Waals surface area contributed by atoms with E-state index in [4.69, 9.17) is 4.42 Å². The average Bonchev–Trinajstić information content (AvgIpc) is 2.80. The number of furan rings is 1. The minimum Gasteiger partial charge on any atom is -0.472 e. The fraction of sp³-hybridized carbons (Fsp3) is 0.0833. The quantitative estimate of drug-likeness (QED) is 0.563. The van der Waals surface area contributed by atoms with Crippen LogP contribution in [0, 0.1) is 0 Å². The van der Waals surface area contributed by atoms with E-state index in [1.54, 1.807) is 18.7 Å². The Morgan fingerprint density at radius 1 is 1.20 bits per heavy atom. The maximum absolute atomic E-state index is 4.94. The summed E-state index contributed by atoms with van der Waals surface area (Å²) in [6, 6.07) is 11.8. The molecule has 0 aliphatic heterocycles. The summed E-state index contributed by atoms with van der Waals surface area (Å²) in [5, 5.41) is 6.10. The highest BCUT2D eigenvalue weighted by atomic mass is 16.3. The molecule has 0 saturated heterocycles. The van der Waals surface area contributed by atoms with Gasteiger partial charge < -0.3 is 4.42 Å². The maximum atomic E-state index is 4.94. The van der Waals surface area contributed by atoms with Gasteiger partial charge >= 0.3 is 0 Å². The highest BCUT2D eigenvalue weighted by Crippen LogP contribution is 2.10. The average molecular weight is 200 g/mol. The number of hydrogen-bond donors (Lipinski definition) is 0. The van der Waals surface area contributed by atoms with E-state index in [9.17, 15) is 0 Å². The van der Waals surface area contributed by atoms with E-state index in [0.717, 1.165) is 11.3 Å². The lowest BCUT2D eigenvalue weighted by Gasteiger charge is -2.11. The van der Waals surface area contributed by atoms with Crippen molar-refractivity contribution in [3.63, 3.8) is 0 Å². The molecule has 0 bridgehead atoms. The van der Waals surface area contributed by atoms with Crippen molar-refractivity contribution in [3.05, 3.63) is 54.5 Å². The van der Waals surface area contributed by atoms with Crippen LogP contribution in [0.25, 0.3) is 0 Å². The lowest BCUT2D eigenvalue weighted by Crippen LogP contribution is -2.08. The van der Waals surface area contributed by atoms with Gasteiger partial charge in [-0.3, -0.25) is 5.01 Å². The van der Waals surface area contributed by atoms with Gasteiger partial charge in [0.2, 0.25) is 0 Å². The van der Waals surface area contributed by atoms with E-state index in [-0.39, 0.29) is 0 Å². The first kappa shape index (κ1) is 9.52. The summed E-state index contributed by atoms with van der Waals surface area (Å²) >= 11 is 0. The van der Waals surface area contributed by atoms with E-state index in [1.807, 2.05) is 48.5 Å². The fourth-order valence-corrected chi connectivity index (χ4v) is 1.21. The number of rotatable bonds is 3. The highest BCUT2D eigenvalue weighted by molar-refractivity contribution is 5.79. The molecular weight excluding hydrogens is 188 g/mol. The van der Waals surface area contributed by atoms with Gasteiger partial charge in [0.25, 0.3) is 0 Å². The minimum atomic E-state index is 0.956. The molecule has 3 nitrogen and oxygen atoms in total. The molecule has 0 radical (unpaired) electrons. The first-order chi connectivity index (χ1) is 7.36. The lowest BCUT2D eigenvalue weighted by atomic mass is 10.3. The monoisotopic (exact) mass is 200 g/mol. The van der Waals surface area contributed by atoms with Crippen LogP contribution in [0.4, 0.5) is 5.69 Å². The number of hydrazone groups is 1. The minimum absolute atomic E-state index is 0.956. The lowest BCUT2D eigenvalue weighted by molar-refractivity contribution is 0.567. The van der Waals surface area contributed by atoms with Gasteiger partial charge in [-0.15, -0.1) is 0 Å². The van der Waals surface area contributed by atoms with Gasteiger partial charge in [0, 0.05) is 12.6 Å². The summed E-state index contributed by atoms with van der Waals surface area (Å²) in [7, 11) is 1.91. The number of benzene rings is 1. The molecule has 0 aliphatic carbocycles. The summed E-state index contributed by atoms with van der Waals surface area (Å²) in [5.74, 6) is 0. The van der Waals surface area contributed by atoms with Crippen LogP contribution in [0.2, 0.25) is 0 Å². The van der Waals surface area contributed by atoms with Gasteiger partial charge in [-0.05, 0) is 18.2 Å². The molecule has 1 aromatic heterocycles. The maximum Gasteiger partial charge on any atom is 0.0991 e. The van der Waals surface area contributed by atoms with Crippen LogP contribution < -0.4 is 5.01 Å². The summed E-state index contributed by atoms with van der Waals surface area (Å²) < 4.78 is 4.94. The van der Waals surface area contributed by atoms with Crippen LogP contribution in [0.15, 0.2) is 58.4 Å². The van der Waals surface area contributed by atoms with Crippen LogP contribution in [-0.4, -0.2) is 13.3 Å². The molecule has 0 saturated carbocycles. The summed E-state index contributed by atoms with van der Waals surface area (Å²) in [5.41, 5.74) is 2.01. The second-order valence-electron chi connectivity index (χ2n) is 3.16. The predicted molar refractivity (Wildman–Crippen MR) is 61.1 cm³/mol. The second-order valence-corrected chi connectivity index (χ2v) is 3.16. The Kier molecular flexibility index (Phi) is 2.83. The van der Waals surface area contributed by atoms with Gasteiger partial charge in [-0.25, -0.2) is 0 Å². The van der Waals surface area contributed by atoms with Crippen molar-refractivity contribution in [2.24, 2.45) is 5.10 Å². The van der Waals surface area contributed by atoms with Crippen molar-refractivity contribution in [2.45, 2.75) is 0 Å². The molecule has 15 heavy (non-hydrogen) atoms. The van der Waals surface area contributed by atoms with Crippen molar-refractivity contribution in [2.75, 3.05) is 12.1 Å². The van der Waals surface area contributed by atoms with Crippen LogP contribution in [0.3, 0.4) is 0 Å². The van der Waals surface area contributed by atoms with E-state index in [1.165, 1.54) is 0 Å². The molecule has 3 heteroatoms. The molecule has 1 aromatic carbocycles. The Morgan fingerprint density at radius 3 is 2.67 bits per heavy atom. The Hall–Kier alpha value is -2.03. The second kappa shape index (κ2) is 4.46. The summed E-state index contributed by atoms with van der Waals surface area (Å²) in [6.45, 7) is 0. The third-order valence-electron chi connectivity index (χ3n) is 2.05. The van der Waals surface area contributed by atoms with E-state index in [2.05, 4.69) is 5.10 Å². The first-order valence-corrected chi connectivity index (χ1v) is 4.71. The van der Waals surface area contributed by atoms with Crippen molar-refractivity contribution >= 4 is 11.9 Å². The molecule has 0 spiro atoms. The van der Waals surface area contributed by atoms with Gasteiger partial charge in [0.1, 0.15) is 0 Å². The fourth-order valence-electron chi connectivity index (χ4n) is 1.21. The summed E-state index contributed by atoms with van der Waals surface area (Å²) in [6.07, 6.45) is 5.04. The number of anilines is 1. The van der Waals surface area contributed by atoms with Crippen molar-refractivity contribution in [3.8, 4) is 0 Å². The molecule has 0 amide bonds. The molecule has 0 unspecified atom stereocenters. The molecule has 2 rings (SSSR count). The Bertz CT molecular complexity index is 420. The van der Waals surface area contributed by atoms with Crippen LogP contribution in [-0.2, 0) is 0 Å². The van der Waals surface area contributed by atoms with Crippen molar-refractivity contribution < 1.29 is 4.42 Å². The third kappa shape index (κ3) is 2.47. The molecule has 0 N–H and O–H groups in total. The molecule has 0 fully saturated rings. The van der Waals surface area contributed by atoms with E-state index in [0.29, 0.717) is 0 Å². The third-order valence-corrected chi connectivity index (χ3v) is 2.05. The van der Waals surface area contributed by atoms with Gasteiger partial charge in [-0.1, -0.05) is 18.2 Å². The zero-order valence-corrected chi connectivity index (χ0v) is 8.50. The molecule has 76 valence electrons. The SMILES string of the molecule is CN(/N=C/c1ccoc1)c1ccccc1. The van der Waals surface area contributed by atoms with E-state index < -0.39 is 0 Å². The Balaban J connectivity index is 2.07.